The number of nitrogens with zero attached hydrogens (tertiary/aromatic N) is 1. The third kappa shape index (κ3) is 20.7. The summed E-state index contributed by atoms with van der Waals surface area (Å²) in [5.41, 5.74) is -0.245. The number of hydrogen-bond acceptors (Lipinski definition) is 1. The Balaban J connectivity index is 2.17. The van der Waals surface area contributed by atoms with Crippen LogP contribution in [0, 0.1) is 5.92 Å². The van der Waals surface area contributed by atoms with Crippen LogP contribution in [0.3, 0.4) is 0 Å². The lowest BCUT2D eigenvalue weighted by Gasteiger charge is -2.44. The first-order chi connectivity index (χ1) is 21.6. The van der Waals surface area contributed by atoms with E-state index in [1.54, 1.807) is 0 Å². The van der Waals surface area contributed by atoms with Crippen molar-refractivity contribution in [2.75, 3.05) is 13.1 Å². The van der Waals surface area contributed by atoms with Crippen molar-refractivity contribution in [1.82, 2.24) is 10.2 Å². The SMILES string of the molecule is CCCCCCCCCCCCCCCCNC(=O)N(CCCCCCCCCCCCCCCC)C1(C)C=CC=CC1C. The molecule has 0 fully saturated rings. The van der Waals surface area contributed by atoms with Gasteiger partial charge in [-0.15, -0.1) is 0 Å². The quantitative estimate of drug-likeness (QED) is 0.0774. The Morgan fingerprint density at radius 2 is 0.932 bits per heavy atom. The summed E-state index contributed by atoms with van der Waals surface area (Å²) in [6.07, 6.45) is 46.9. The van der Waals surface area contributed by atoms with Gasteiger partial charge in [-0.25, -0.2) is 4.79 Å². The van der Waals surface area contributed by atoms with Gasteiger partial charge in [0.05, 0.1) is 5.54 Å². The second kappa shape index (κ2) is 29.2. The number of carbonyl (C=O) groups is 1. The van der Waals surface area contributed by atoms with E-state index in [0.717, 1.165) is 25.9 Å². The van der Waals surface area contributed by atoms with Gasteiger partial charge in [0.15, 0.2) is 0 Å². The van der Waals surface area contributed by atoms with Crippen LogP contribution in [-0.4, -0.2) is 29.6 Å². The van der Waals surface area contributed by atoms with Crippen LogP contribution in [0.1, 0.15) is 207 Å². The van der Waals surface area contributed by atoms with E-state index in [2.05, 4.69) is 62.2 Å². The highest BCUT2D eigenvalue weighted by atomic mass is 16.2. The minimum atomic E-state index is -0.245. The highest BCUT2D eigenvalue weighted by molar-refractivity contribution is 5.75. The molecule has 1 aliphatic carbocycles. The van der Waals surface area contributed by atoms with Gasteiger partial charge in [-0.2, -0.15) is 0 Å². The highest BCUT2D eigenvalue weighted by Gasteiger charge is 2.37. The monoisotopic (exact) mass is 615 g/mol. The Kier molecular flexibility index (Phi) is 27.0. The van der Waals surface area contributed by atoms with Gasteiger partial charge in [-0.3, -0.25) is 0 Å². The molecule has 2 amide bonds. The number of nitrogens with one attached hydrogen (secondary N) is 1. The smallest absolute Gasteiger partial charge is 0.318 e. The summed E-state index contributed by atoms with van der Waals surface area (Å²) in [5.74, 6) is 0.325. The number of hydrogen-bond donors (Lipinski definition) is 1. The molecule has 0 saturated carbocycles. The molecule has 3 heteroatoms. The van der Waals surface area contributed by atoms with E-state index >= 15 is 0 Å². The Hall–Kier alpha value is -1.25. The average Bonchev–Trinajstić information content (AvgIpc) is 3.02. The highest BCUT2D eigenvalue weighted by Crippen LogP contribution is 2.31. The second-order valence-corrected chi connectivity index (χ2v) is 14.3. The van der Waals surface area contributed by atoms with Crippen LogP contribution in [-0.2, 0) is 0 Å². The predicted octanol–water partition coefficient (Wildman–Crippen LogP) is 13.5. The van der Waals surface area contributed by atoms with Crippen LogP contribution in [0.4, 0.5) is 4.79 Å². The molecule has 0 bridgehead atoms. The number of allylic oxidation sites excluding steroid dienone is 2. The van der Waals surface area contributed by atoms with Crippen LogP contribution in [0.15, 0.2) is 24.3 Å². The molecule has 1 aliphatic rings. The maximum absolute atomic E-state index is 13.4. The molecule has 3 nitrogen and oxygen atoms in total. The van der Waals surface area contributed by atoms with Gasteiger partial charge >= 0.3 is 6.03 Å². The molecule has 0 aromatic rings. The maximum atomic E-state index is 13.4. The zero-order valence-electron chi connectivity index (χ0n) is 30.5. The fraction of sp³-hybridized carbons (Fsp3) is 0.878. The summed E-state index contributed by atoms with van der Waals surface area (Å²) in [6, 6.07) is 0.128. The Morgan fingerprint density at radius 3 is 1.32 bits per heavy atom. The Morgan fingerprint density at radius 1 is 0.568 bits per heavy atom. The molecule has 0 radical (unpaired) electrons. The molecular formula is C41H78N2O. The first kappa shape index (κ1) is 40.8. The fourth-order valence-corrected chi connectivity index (χ4v) is 6.80. The zero-order valence-corrected chi connectivity index (χ0v) is 30.5. The largest absolute Gasteiger partial charge is 0.338 e. The van der Waals surface area contributed by atoms with Crippen LogP contribution < -0.4 is 5.32 Å². The normalized spacial score (nSPS) is 17.8. The van der Waals surface area contributed by atoms with Crippen molar-refractivity contribution in [3.05, 3.63) is 24.3 Å². The van der Waals surface area contributed by atoms with Crippen molar-refractivity contribution in [1.29, 1.82) is 0 Å². The van der Waals surface area contributed by atoms with Crippen molar-refractivity contribution in [2.24, 2.45) is 5.92 Å². The topological polar surface area (TPSA) is 32.3 Å². The van der Waals surface area contributed by atoms with Gasteiger partial charge in [-0.1, -0.05) is 212 Å². The van der Waals surface area contributed by atoms with E-state index in [9.17, 15) is 4.79 Å². The number of carbonyl (C=O) groups excluding carboxylic acids is 1. The lowest BCUT2D eigenvalue weighted by atomic mass is 9.82. The third-order valence-corrected chi connectivity index (χ3v) is 10.2. The van der Waals surface area contributed by atoms with E-state index in [4.69, 9.17) is 0 Å². The summed E-state index contributed by atoms with van der Waals surface area (Å²) in [6.45, 7) is 10.7. The van der Waals surface area contributed by atoms with Crippen molar-refractivity contribution >= 4 is 6.03 Å². The number of amides is 2. The van der Waals surface area contributed by atoms with Crippen LogP contribution >= 0.6 is 0 Å². The van der Waals surface area contributed by atoms with E-state index in [-0.39, 0.29) is 11.6 Å². The lowest BCUT2D eigenvalue weighted by Crippen LogP contribution is -2.56. The summed E-state index contributed by atoms with van der Waals surface area (Å²) in [4.78, 5) is 15.6. The van der Waals surface area contributed by atoms with E-state index in [1.807, 2.05) is 0 Å². The summed E-state index contributed by atoms with van der Waals surface area (Å²) in [7, 11) is 0. The standard InChI is InChI=1S/C41H78N2O/c1-5-7-9-11-13-15-17-19-21-23-25-27-29-33-37-42-40(44)43(41(4)36-32-31-35-39(41)3)38-34-30-28-26-24-22-20-18-16-14-12-10-8-6-2/h31-32,35-36,39H,5-30,33-34,37-38H2,1-4H3,(H,42,44). The zero-order chi connectivity index (χ0) is 32.0. The molecule has 0 aliphatic heterocycles. The van der Waals surface area contributed by atoms with Gasteiger partial charge in [0, 0.05) is 19.0 Å². The summed E-state index contributed by atoms with van der Waals surface area (Å²) in [5, 5.41) is 3.30. The number of unbranched alkanes of at least 4 members (excludes halogenated alkanes) is 26. The Labute approximate surface area is 276 Å². The molecule has 44 heavy (non-hydrogen) atoms. The third-order valence-electron chi connectivity index (χ3n) is 10.2. The van der Waals surface area contributed by atoms with E-state index in [0.29, 0.717) is 5.92 Å². The molecule has 258 valence electrons. The van der Waals surface area contributed by atoms with Crippen molar-refractivity contribution in [3.8, 4) is 0 Å². The molecular weight excluding hydrogens is 536 g/mol. The predicted molar refractivity (Wildman–Crippen MR) is 197 cm³/mol. The number of rotatable bonds is 31. The van der Waals surface area contributed by atoms with Crippen LogP contribution in [0.25, 0.3) is 0 Å². The van der Waals surface area contributed by atoms with E-state index < -0.39 is 0 Å². The average molecular weight is 615 g/mol. The van der Waals surface area contributed by atoms with Gasteiger partial charge in [0.2, 0.25) is 0 Å². The Bertz CT molecular complexity index is 701. The lowest BCUT2D eigenvalue weighted by molar-refractivity contribution is 0.126. The fourth-order valence-electron chi connectivity index (χ4n) is 6.80. The summed E-state index contributed by atoms with van der Waals surface area (Å²) < 4.78 is 0. The van der Waals surface area contributed by atoms with Gasteiger partial charge in [-0.05, 0) is 19.8 Å². The van der Waals surface area contributed by atoms with Crippen molar-refractivity contribution in [2.45, 2.75) is 213 Å². The second-order valence-electron chi connectivity index (χ2n) is 14.3. The van der Waals surface area contributed by atoms with Crippen molar-refractivity contribution < 1.29 is 4.79 Å². The van der Waals surface area contributed by atoms with E-state index in [1.165, 1.54) is 167 Å². The van der Waals surface area contributed by atoms with Gasteiger partial charge < -0.3 is 10.2 Å². The maximum Gasteiger partial charge on any atom is 0.318 e. The molecule has 0 aromatic carbocycles. The molecule has 0 spiro atoms. The van der Waals surface area contributed by atoms with Gasteiger partial charge in [0.1, 0.15) is 0 Å². The van der Waals surface area contributed by atoms with Gasteiger partial charge in [0.25, 0.3) is 0 Å². The molecule has 0 aromatic heterocycles. The first-order valence-electron chi connectivity index (χ1n) is 20.0. The molecule has 0 saturated heterocycles. The number of urea groups is 1. The van der Waals surface area contributed by atoms with Crippen LogP contribution in [0.5, 0.6) is 0 Å². The van der Waals surface area contributed by atoms with Crippen LogP contribution in [0.2, 0.25) is 0 Å². The minimum absolute atomic E-state index is 0.128. The van der Waals surface area contributed by atoms with Crippen molar-refractivity contribution in [3.63, 3.8) is 0 Å². The molecule has 2 atom stereocenters. The first-order valence-corrected chi connectivity index (χ1v) is 20.0. The minimum Gasteiger partial charge on any atom is -0.338 e. The molecule has 0 heterocycles. The molecule has 2 unspecified atom stereocenters. The summed E-state index contributed by atoms with van der Waals surface area (Å²) >= 11 is 0. The molecule has 1 N–H and O–H groups in total. The molecule has 1 rings (SSSR count).